The molecule has 2 aromatic rings. The summed E-state index contributed by atoms with van der Waals surface area (Å²) in [6.07, 6.45) is 1.00. The number of hydrogen-bond donors (Lipinski definition) is 1. The minimum absolute atomic E-state index is 0.288. The molecule has 5 rings (SSSR count). The summed E-state index contributed by atoms with van der Waals surface area (Å²) in [6, 6.07) is 8.63. The first-order valence-electron chi connectivity index (χ1n) is 8.92. The molecule has 0 saturated carbocycles. The molecule has 0 amide bonds. The molecular weight excluding hydrogens is 332 g/mol. The Morgan fingerprint density at radius 1 is 1.12 bits per heavy atom. The zero-order valence-electron chi connectivity index (χ0n) is 15.0. The highest BCUT2D eigenvalue weighted by Crippen LogP contribution is 2.44. The van der Waals surface area contributed by atoms with Crippen LogP contribution >= 0.6 is 0 Å². The Morgan fingerprint density at radius 3 is 2.77 bits per heavy atom. The van der Waals surface area contributed by atoms with Crippen molar-refractivity contribution >= 4 is 5.69 Å². The molecule has 0 fully saturated rings. The molecule has 1 N–H and O–H groups in total. The third-order valence-corrected chi connectivity index (χ3v) is 5.60. The largest absolute Gasteiger partial charge is 0.493 e. The number of methoxy groups -OCH3 is 2. The van der Waals surface area contributed by atoms with Crippen LogP contribution in [-0.4, -0.2) is 39.0 Å². The van der Waals surface area contributed by atoms with E-state index in [1.165, 1.54) is 11.1 Å². The first kappa shape index (κ1) is 15.6. The SMILES string of the molecule is COc1ccc2c(c1OC)CN1CCc3cc4c(cc3[C@@H]1CN2)OCO4. The van der Waals surface area contributed by atoms with Crippen LogP contribution < -0.4 is 24.3 Å². The van der Waals surface area contributed by atoms with E-state index in [0.717, 1.165) is 60.3 Å². The van der Waals surface area contributed by atoms with Gasteiger partial charge in [-0.2, -0.15) is 0 Å². The Hall–Kier alpha value is -2.60. The van der Waals surface area contributed by atoms with Crippen LogP contribution in [0.2, 0.25) is 0 Å². The highest BCUT2D eigenvalue weighted by atomic mass is 16.7. The van der Waals surface area contributed by atoms with Crippen molar-refractivity contribution in [2.45, 2.75) is 19.0 Å². The van der Waals surface area contributed by atoms with Gasteiger partial charge in [-0.1, -0.05) is 0 Å². The number of benzene rings is 2. The summed E-state index contributed by atoms with van der Waals surface area (Å²) in [7, 11) is 3.38. The lowest BCUT2D eigenvalue weighted by Crippen LogP contribution is -2.36. The predicted molar refractivity (Wildman–Crippen MR) is 97.5 cm³/mol. The standard InChI is InChI=1S/C20H22N2O4/c1-23-17-4-3-15-14(20(17)24-2)10-22-6-5-12-7-18-19(26-11-25-18)8-13(12)16(22)9-21-15/h3-4,7-8,16,21H,5-6,9-11H2,1-2H3/t16-/m0/s1. The average Bonchev–Trinajstić information content (AvgIpc) is 3.03. The van der Waals surface area contributed by atoms with E-state index in [4.69, 9.17) is 18.9 Å². The van der Waals surface area contributed by atoms with E-state index in [2.05, 4.69) is 28.4 Å². The summed E-state index contributed by atoms with van der Waals surface area (Å²) in [4.78, 5) is 2.51. The Morgan fingerprint density at radius 2 is 1.96 bits per heavy atom. The molecule has 0 bridgehead atoms. The lowest BCUT2D eigenvalue weighted by Gasteiger charge is -2.36. The fourth-order valence-corrected chi connectivity index (χ4v) is 4.29. The highest BCUT2D eigenvalue weighted by Gasteiger charge is 2.33. The molecule has 26 heavy (non-hydrogen) atoms. The van der Waals surface area contributed by atoms with Crippen molar-refractivity contribution in [3.8, 4) is 23.0 Å². The number of ether oxygens (including phenoxy) is 4. The van der Waals surface area contributed by atoms with Crippen LogP contribution in [0.25, 0.3) is 0 Å². The van der Waals surface area contributed by atoms with Crippen molar-refractivity contribution in [1.82, 2.24) is 4.90 Å². The summed E-state index contributed by atoms with van der Waals surface area (Å²) < 4.78 is 22.3. The van der Waals surface area contributed by atoms with Crippen LogP contribution in [0.1, 0.15) is 22.7 Å². The van der Waals surface area contributed by atoms with E-state index >= 15 is 0 Å². The van der Waals surface area contributed by atoms with Crippen LogP contribution in [0.3, 0.4) is 0 Å². The molecule has 6 heteroatoms. The maximum Gasteiger partial charge on any atom is 0.231 e. The van der Waals surface area contributed by atoms with Crippen molar-refractivity contribution in [2.75, 3.05) is 39.4 Å². The number of fused-ring (bicyclic) bond motifs is 5. The lowest BCUT2D eigenvalue weighted by molar-refractivity contribution is 0.173. The van der Waals surface area contributed by atoms with Gasteiger partial charge in [-0.3, -0.25) is 4.90 Å². The van der Waals surface area contributed by atoms with Crippen LogP contribution in [0.5, 0.6) is 23.0 Å². The average molecular weight is 354 g/mol. The number of nitrogens with zero attached hydrogens (tertiary/aromatic N) is 1. The third kappa shape index (κ3) is 2.29. The van der Waals surface area contributed by atoms with Gasteiger partial charge >= 0.3 is 0 Å². The van der Waals surface area contributed by atoms with E-state index in [-0.39, 0.29) is 6.04 Å². The zero-order chi connectivity index (χ0) is 17.7. The maximum atomic E-state index is 5.67. The molecule has 0 radical (unpaired) electrons. The minimum atomic E-state index is 0.288. The van der Waals surface area contributed by atoms with Gasteiger partial charge in [-0.25, -0.2) is 0 Å². The van der Waals surface area contributed by atoms with Crippen LogP contribution in [0.4, 0.5) is 5.69 Å². The number of hydrogen-bond acceptors (Lipinski definition) is 6. The molecule has 0 unspecified atom stereocenters. The first-order valence-corrected chi connectivity index (χ1v) is 8.92. The molecule has 3 aliphatic rings. The topological polar surface area (TPSA) is 52.2 Å². The maximum absolute atomic E-state index is 5.67. The van der Waals surface area contributed by atoms with E-state index in [0.29, 0.717) is 6.79 Å². The smallest absolute Gasteiger partial charge is 0.231 e. The highest BCUT2D eigenvalue weighted by molar-refractivity contribution is 5.64. The van der Waals surface area contributed by atoms with Gasteiger partial charge in [0.1, 0.15) is 0 Å². The Kier molecular flexibility index (Phi) is 3.60. The third-order valence-electron chi connectivity index (χ3n) is 5.60. The number of anilines is 1. The summed E-state index contributed by atoms with van der Waals surface area (Å²) >= 11 is 0. The first-order chi connectivity index (χ1) is 12.8. The summed E-state index contributed by atoms with van der Waals surface area (Å²) in [6.45, 7) is 2.97. The van der Waals surface area contributed by atoms with Gasteiger partial charge < -0.3 is 24.3 Å². The van der Waals surface area contributed by atoms with Gasteiger partial charge in [0, 0.05) is 30.9 Å². The summed E-state index contributed by atoms with van der Waals surface area (Å²) in [5.74, 6) is 3.31. The molecular formula is C20H22N2O4. The van der Waals surface area contributed by atoms with Gasteiger partial charge in [0.2, 0.25) is 6.79 Å². The summed E-state index contributed by atoms with van der Waals surface area (Å²) in [5.41, 5.74) is 4.94. The Bertz CT molecular complexity index is 867. The van der Waals surface area contributed by atoms with Gasteiger partial charge in [0.25, 0.3) is 0 Å². The predicted octanol–water partition coefficient (Wildman–Crippen LogP) is 2.96. The van der Waals surface area contributed by atoms with E-state index < -0.39 is 0 Å². The van der Waals surface area contributed by atoms with Crippen molar-refractivity contribution in [3.05, 3.63) is 41.0 Å². The molecule has 1 atom stereocenters. The Labute approximate surface area is 152 Å². The number of rotatable bonds is 2. The molecule has 3 aliphatic heterocycles. The molecule has 136 valence electrons. The Balaban J connectivity index is 1.54. The second-order valence-corrected chi connectivity index (χ2v) is 6.85. The van der Waals surface area contributed by atoms with Crippen molar-refractivity contribution in [2.24, 2.45) is 0 Å². The van der Waals surface area contributed by atoms with E-state index in [1.54, 1.807) is 14.2 Å². The molecule has 0 spiro atoms. The second kappa shape index (κ2) is 5.99. The van der Waals surface area contributed by atoms with E-state index in [9.17, 15) is 0 Å². The molecule has 3 heterocycles. The van der Waals surface area contributed by atoms with Gasteiger partial charge in [-0.05, 0) is 41.8 Å². The fraction of sp³-hybridized carbons (Fsp3) is 0.400. The lowest BCUT2D eigenvalue weighted by atomic mass is 9.91. The zero-order valence-corrected chi connectivity index (χ0v) is 15.0. The van der Waals surface area contributed by atoms with Gasteiger partial charge in [0.05, 0.1) is 20.3 Å². The van der Waals surface area contributed by atoms with Gasteiger partial charge in [-0.15, -0.1) is 0 Å². The monoisotopic (exact) mass is 354 g/mol. The van der Waals surface area contributed by atoms with Crippen LogP contribution in [0, 0.1) is 0 Å². The van der Waals surface area contributed by atoms with Crippen molar-refractivity contribution < 1.29 is 18.9 Å². The molecule has 0 saturated heterocycles. The molecule has 0 aromatic heterocycles. The molecule has 6 nitrogen and oxygen atoms in total. The minimum Gasteiger partial charge on any atom is -0.493 e. The quantitative estimate of drug-likeness (QED) is 0.895. The van der Waals surface area contributed by atoms with Crippen LogP contribution in [-0.2, 0) is 13.0 Å². The number of nitrogens with one attached hydrogen (secondary N) is 1. The summed E-state index contributed by atoms with van der Waals surface area (Å²) in [5, 5.41) is 3.61. The van der Waals surface area contributed by atoms with Crippen LogP contribution in [0.15, 0.2) is 24.3 Å². The second-order valence-electron chi connectivity index (χ2n) is 6.85. The van der Waals surface area contributed by atoms with Crippen molar-refractivity contribution in [3.63, 3.8) is 0 Å². The van der Waals surface area contributed by atoms with Crippen molar-refractivity contribution in [1.29, 1.82) is 0 Å². The molecule has 2 aromatic carbocycles. The fourth-order valence-electron chi connectivity index (χ4n) is 4.29. The normalized spacial score (nSPS) is 20.3. The molecule has 0 aliphatic carbocycles. The van der Waals surface area contributed by atoms with Gasteiger partial charge in [0.15, 0.2) is 23.0 Å². The van der Waals surface area contributed by atoms with E-state index in [1.807, 2.05) is 6.07 Å².